The average Bonchev–Trinajstić information content (AvgIpc) is 3.19. The Balaban J connectivity index is 1.91. The lowest BCUT2D eigenvalue weighted by molar-refractivity contribution is 0.800. The molecule has 0 unspecified atom stereocenters. The van der Waals surface area contributed by atoms with Crippen LogP contribution >= 0.6 is 16.1 Å². The molecule has 0 amide bonds. The Morgan fingerprint density at radius 2 is 0.704 bits per heavy atom. The zero-order valence-electron chi connectivity index (χ0n) is 35.0. The minimum absolute atomic E-state index is 0.953. The van der Waals surface area contributed by atoms with Gasteiger partial charge in [-0.25, -0.2) is 0 Å². The Morgan fingerprint density at radius 3 is 0.944 bits per heavy atom. The highest BCUT2D eigenvalue weighted by molar-refractivity contribution is 7.90. The zero-order valence-corrected chi connectivity index (χ0v) is 37.8. The van der Waals surface area contributed by atoms with Crippen LogP contribution in [0.25, 0.3) is 0 Å². The van der Waals surface area contributed by atoms with E-state index < -0.39 is 24.2 Å². The molecule has 5 aromatic carbocycles. The summed E-state index contributed by atoms with van der Waals surface area (Å²) in [5, 5.41) is 7.41. The van der Waals surface area contributed by atoms with Crippen LogP contribution in [0.4, 0.5) is 5.69 Å². The van der Waals surface area contributed by atoms with Crippen LogP contribution in [0.1, 0.15) is 107 Å². The van der Waals surface area contributed by atoms with Gasteiger partial charge in [-0.1, -0.05) is 228 Å². The monoisotopic (exact) mass is 771 g/mol. The van der Waals surface area contributed by atoms with Crippen LogP contribution in [-0.2, 0) is 12.8 Å². The first-order valence-electron chi connectivity index (χ1n) is 21.0. The summed E-state index contributed by atoms with van der Waals surface area (Å²) < 4.78 is 2.99. The van der Waals surface area contributed by atoms with Crippen molar-refractivity contribution >= 4 is 56.3 Å². The Bertz CT molecular complexity index is 1650. The van der Waals surface area contributed by atoms with Gasteiger partial charge < -0.3 is 4.44 Å². The second-order valence-corrected chi connectivity index (χ2v) is 24.8. The fraction of sp³-hybridized carbons (Fsp3) is 0.400. The number of anilines is 1. The van der Waals surface area contributed by atoms with Crippen LogP contribution in [0.15, 0.2) is 109 Å². The predicted octanol–water partition coefficient (Wildman–Crippen LogP) is 13.0. The summed E-state index contributed by atoms with van der Waals surface area (Å²) >= 11 is 0. The molecule has 0 N–H and O–H groups in total. The summed E-state index contributed by atoms with van der Waals surface area (Å²) in [5.74, 6) is 0. The van der Waals surface area contributed by atoms with Crippen molar-refractivity contribution in [3.63, 3.8) is 0 Å². The molecule has 0 bridgehead atoms. The average molecular weight is 772 g/mol. The first-order chi connectivity index (χ1) is 26.2. The number of aryl methyl sites for hydroxylation is 6. The lowest BCUT2D eigenvalue weighted by atomic mass is 10.0. The van der Waals surface area contributed by atoms with E-state index in [1.54, 1.807) is 16.3 Å². The summed E-state index contributed by atoms with van der Waals surface area (Å²) in [4.78, 5) is 0. The van der Waals surface area contributed by atoms with Crippen LogP contribution in [0.2, 0.25) is 18.1 Å². The van der Waals surface area contributed by atoms with Crippen molar-refractivity contribution in [2.45, 2.75) is 132 Å². The molecule has 286 valence electrons. The third kappa shape index (κ3) is 10.0. The van der Waals surface area contributed by atoms with Gasteiger partial charge in [0.05, 0.1) is 29.9 Å². The van der Waals surface area contributed by atoms with Crippen molar-refractivity contribution in [1.29, 1.82) is 0 Å². The standard InChI is InChI=1S/C50H67NP2Si/c1-10-15-34-54(35-16-11-2,36-17-12-3)49-37-43(13-4)50(44(14-5)38-49)51(52(45-26-18-39(6)19-27-45)46-28-20-40(7)21-29-46)53(47-30-22-41(8)23-31-47)48-32-24-42(9)25-33-48/h18-33,37-38H,10-17,34-36H2,1-9H3. The first kappa shape index (κ1) is 42.1. The molecule has 54 heavy (non-hydrogen) atoms. The van der Waals surface area contributed by atoms with Crippen LogP contribution in [-0.4, -0.2) is 8.07 Å². The van der Waals surface area contributed by atoms with Crippen molar-refractivity contribution in [2.75, 3.05) is 4.44 Å². The number of rotatable bonds is 19. The molecule has 0 saturated carbocycles. The third-order valence-corrected chi connectivity index (χ3v) is 22.2. The fourth-order valence-corrected chi connectivity index (χ4v) is 19.7. The molecule has 0 saturated heterocycles. The smallest absolute Gasteiger partial charge is 0.0867 e. The van der Waals surface area contributed by atoms with Gasteiger partial charge in [0.15, 0.2) is 0 Å². The molecular formula is C50H67NP2Si. The van der Waals surface area contributed by atoms with E-state index in [0.29, 0.717) is 0 Å². The van der Waals surface area contributed by atoms with Crippen LogP contribution < -0.4 is 30.8 Å². The van der Waals surface area contributed by atoms with Crippen molar-refractivity contribution in [2.24, 2.45) is 0 Å². The van der Waals surface area contributed by atoms with E-state index in [1.165, 1.54) is 106 Å². The van der Waals surface area contributed by atoms with E-state index in [4.69, 9.17) is 0 Å². The molecule has 0 aliphatic heterocycles. The summed E-state index contributed by atoms with van der Waals surface area (Å²) in [6.45, 7) is 20.9. The normalized spacial score (nSPS) is 11.8. The molecule has 1 nitrogen and oxygen atoms in total. The molecule has 0 heterocycles. The van der Waals surface area contributed by atoms with Gasteiger partial charge in [-0.05, 0) is 51.7 Å². The van der Waals surface area contributed by atoms with Gasteiger partial charge in [0.1, 0.15) is 0 Å². The van der Waals surface area contributed by atoms with Gasteiger partial charge in [-0.3, -0.25) is 0 Å². The largest absolute Gasteiger partial charge is 0.312 e. The highest BCUT2D eigenvalue weighted by atomic mass is 31.2. The molecule has 0 fully saturated rings. The molecule has 0 aliphatic rings. The molecule has 0 atom stereocenters. The van der Waals surface area contributed by atoms with Crippen LogP contribution in [0.3, 0.4) is 0 Å². The third-order valence-electron chi connectivity index (χ3n) is 11.4. The number of unbranched alkanes of at least 4 members (excludes halogenated alkanes) is 3. The number of hydrogen-bond acceptors (Lipinski definition) is 1. The minimum Gasteiger partial charge on any atom is -0.312 e. The number of nitrogens with zero attached hydrogens (tertiary/aromatic N) is 1. The van der Waals surface area contributed by atoms with Crippen molar-refractivity contribution < 1.29 is 0 Å². The lowest BCUT2D eigenvalue weighted by Crippen LogP contribution is -2.48. The zero-order chi connectivity index (χ0) is 38.7. The quantitative estimate of drug-likeness (QED) is 0.0597. The van der Waals surface area contributed by atoms with Gasteiger partial charge in [0, 0.05) is 21.2 Å². The maximum absolute atomic E-state index is 2.99. The predicted molar refractivity (Wildman–Crippen MR) is 249 cm³/mol. The molecule has 5 aromatic rings. The van der Waals surface area contributed by atoms with Crippen LogP contribution in [0, 0.1) is 27.7 Å². The summed E-state index contributed by atoms with van der Waals surface area (Å²) in [7, 11) is -3.64. The molecule has 5 rings (SSSR count). The Hall–Kier alpha value is -3.02. The molecule has 0 aliphatic carbocycles. The second-order valence-electron chi connectivity index (χ2n) is 15.7. The molecular weight excluding hydrogens is 705 g/mol. The number of hydrogen-bond donors (Lipinski definition) is 0. The van der Waals surface area contributed by atoms with E-state index in [9.17, 15) is 0 Å². The van der Waals surface area contributed by atoms with E-state index in [-0.39, 0.29) is 0 Å². The molecule has 0 aromatic heterocycles. The Kier molecular flexibility index (Phi) is 15.8. The summed E-state index contributed by atoms with van der Waals surface area (Å²) in [6.07, 6.45) is 9.99. The van der Waals surface area contributed by atoms with E-state index in [1.807, 2.05) is 0 Å². The highest BCUT2D eigenvalue weighted by Gasteiger charge is 2.38. The number of benzene rings is 5. The van der Waals surface area contributed by atoms with Gasteiger partial charge in [0.2, 0.25) is 0 Å². The van der Waals surface area contributed by atoms with Crippen molar-refractivity contribution in [1.82, 2.24) is 0 Å². The Labute approximate surface area is 333 Å². The minimum atomic E-state index is -1.73. The summed E-state index contributed by atoms with van der Waals surface area (Å²) in [5.41, 5.74) is 9.82. The maximum Gasteiger partial charge on any atom is 0.0867 e. The summed E-state index contributed by atoms with van der Waals surface area (Å²) in [6, 6.07) is 47.9. The second kappa shape index (κ2) is 20.2. The highest BCUT2D eigenvalue weighted by Crippen LogP contribution is 2.59. The maximum atomic E-state index is 2.99. The van der Waals surface area contributed by atoms with Gasteiger partial charge in [0.25, 0.3) is 0 Å². The SMILES string of the molecule is CCCC[Si](CCCC)(CCCC)c1cc(CC)c(N(P(c2ccc(C)cc2)c2ccc(C)cc2)P(c2ccc(C)cc2)c2ccc(C)cc2)c(CC)c1. The van der Waals surface area contributed by atoms with Crippen molar-refractivity contribution in [3.05, 3.63) is 143 Å². The van der Waals surface area contributed by atoms with E-state index >= 15 is 0 Å². The Morgan fingerprint density at radius 1 is 0.426 bits per heavy atom. The molecule has 0 spiro atoms. The van der Waals surface area contributed by atoms with E-state index in [2.05, 4.69) is 176 Å². The molecule has 4 heteroatoms. The van der Waals surface area contributed by atoms with Crippen LogP contribution in [0.5, 0.6) is 0 Å². The van der Waals surface area contributed by atoms with Crippen molar-refractivity contribution in [3.8, 4) is 0 Å². The molecule has 0 radical (unpaired) electrons. The van der Waals surface area contributed by atoms with Gasteiger partial charge >= 0.3 is 0 Å². The van der Waals surface area contributed by atoms with Gasteiger partial charge in [-0.2, -0.15) is 0 Å². The lowest BCUT2D eigenvalue weighted by Gasteiger charge is -2.43. The topological polar surface area (TPSA) is 3.24 Å². The van der Waals surface area contributed by atoms with Gasteiger partial charge in [-0.15, -0.1) is 0 Å². The fourth-order valence-electron chi connectivity index (χ4n) is 7.98. The van der Waals surface area contributed by atoms with E-state index in [0.717, 1.165) is 12.8 Å². The first-order valence-corrected chi connectivity index (χ1v) is 26.2.